The molecule has 0 rings (SSSR count). The molecule has 0 heterocycles. The summed E-state index contributed by atoms with van der Waals surface area (Å²) in [5.41, 5.74) is 0. The number of carbonyl (C=O) groups excluding carboxylic acids is 1. The maximum absolute atomic E-state index is 12.9. The van der Waals surface area contributed by atoms with Crippen molar-refractivity contribution in [3.05, 3.63) is 146 Å². The van der Waals surface area contributed by atoms with Gasteiger partial charge in [0.05, 0.1) is 39.9 Å². The summed E-state index contributed by atoms with van der Waals surface area (Å²) in [5, 5.41) is 13.8. The summed E-state index contributed by atoms with van der Waals surface area (Å²) in [7, 11) is 1.19. The highest BCUT2D eigenvalue weighted by atomic mass is 31.2. The third kappa shape index (κ3) is 54.0. The van der Waals surface area contributed by atoms with Gasteiger partial charge < -0.3 is 28.8 Å². The van der Waals surface area contributed by atoms with Gasteiger partial charge in [-0.25, -0.2) is 0 Å². The molecule has 0 saturated heterocycles. The van der Waals surface area contributed by atoms with Crippen molar-refractivity contribution in [1.29, 1.82) is 0 Å². The largest absolute Gasteiger partial charge is 0.756 e. The molecule has 8 nitrogen and oxygen atoms in total. The van der Waals surface area contributed by atoms with Gasteiger partial charge in [0, 0.05) is 6.42 Å². The molecular formula is C62H103N2O6P. The molecule has 0 aliphatic rings. The molecule has 0 aromatic carbocycles. The molecule has 1 amide bonds. The number of quaternary nitrogens is 1. The van der Waals surface area contributed by atoms with Crippen LogP contribution in [-0.4, -0.2) is 68.5 Å². The van der Waals surface area contributed by atoms with Crippen LogP contribution in [-0.2, 0) is 18.4 Å². The van der Waals surface area contributed by atoms with Crippen molar-refractivity contribution in [2.24, 2.45) is 0 Å². The maximum Gasteiger partial charge on any atom is 0.268 e. The van der Waals surface area contributed by atoms with Crippen LogP contribution in [0.15, 0.2) is 146 Å². The average molecular weight is 1000 g/mol. The Balaban J connectivity index is 4.42. The Morgan fingerprint density at radius 3 is 1.31 bits per heavy atom. The smallest absolute Gasteiger partial charge is 0.268 e. The highest BCUT2D eigenvalue weighted by Gasteiger charge is 2.23. The number of nitrogens with one attached hydrogen (secondary N) is 1. The van der Waals surface area contributed by atoms with Gasteiger partial charge in [-0.15, -0.1) is 0 Å². The van der Waals surface area contributed by atoms with E-state index in [-0.39, 0.29) is 18.9 Å². The zero-order chi connectivity index (χ0) is 52.0. The van der Waals surface area contributed by atoms with Gasteiger partial charge in [-0.1, -0.05) is 211 Å². The average Bonchev–Trinajstić information content (AvgIpc) is 3.33. The first kappa shape index (κ1) is 67.4. The second kappa shape index (κ2) is 51.3. The van der Waals surface area contributed by atoms with Gasteiger partial charge in [0.2, 0.25) is 5.91 Å². The lowest BCUT2D eigenvalue weighted by atomic mass is 10.1. The van der Waals surface area contributed by atoms with E-state index in [4.69, 9.17) is 9.05 Å². The van der Waals surface area contributed by atoms with Crippen molar-refractivity contribution in [3.8, 4) is 0 Å². The van der Waals surface area contributed by atoms with Crippen LogP contribution in [0.1, 0.15) is 187 Å². The molecule has 0 fully saturated rings. The standard InChI is InChI=1S/C62H103N2O6P/c1-6-8-10-12-14-16-18-20-22-24-26-27-28-29-30-31-32-33-34-35-36-37-38-40-42-44-46-48-50-52-54-56-62(66)63-60(59-70-71(67,68)69-58-57-64(3,4)5)61(65)55-53-51-49-47-45-43-41-39-25-23-21-19-17-15-13-11-9-7-2/h8,10,14,16,20,22,25-27,29-30,32-33,35-36,38-40,44-47,53,55,60-61,65H,6-7,9,11-13,15,17-19,21,23-24,28,31,34,37,41-43,48-52,54,56-59H2,1-5H3,(H-,63,66,67,68)/b10-8-,16-14-,22-20-,27-26-,30-29-,33-32-,36-35-,39-25+,40-38-,46-44-,47-45+,55-53+. The number of unbranched alkanes of at least 4 members (excludes halogenated alkanes) is 13. The van der Waals surface area contributed by atoms with Gasteiger partial charge in [-0.05, 0) is 116 Å². The lowest BCUT2D eigenvalue weighted by molar-refractivity contribution is -0.870. The number of amides is 1. The minimum absolute atomic E-state index is 0.0246. The molecule has 0 aromatic rings. The Morgan fingerprint density at radius 1 is 0.507 bits per heavy atom. The van der Waals surface area contributed by atoms with Crippen molar-refractivity contribution in [3.63, 3.8) is 0 Å². The Hall–Kier alpha value is -3.62. The second-order valence-corrected chi connectivity index (χ2v) is 20.6. The minimum Gasteiger partial charge on any atom is -0.756 e. The quantitative estimate of drug-likeness (QED) is 0.0272. The van der Waals surface area contributed by atoms with E-state index >= 15 is 0 Å². The Bertz CT molecular complexity index is 1660. The zero-order valence-corrected chi connectivity index (χ0v) is 46.5. The number of hydrogen-bond donors (Lipinski definition) is 2. The van der Waals surface area contributed by atoms with Crippen LogP contribution >= 0.6 is 7.82 Å². The summed E-state index contributed by atoms with van der Waals surface area (Å²) in [6.45, 7) is 4.45. The highest BCUT2D eigenvalue weighted by molar-refractivity contribution is 7.45. The van der Waals surface area contributed by atoms with E-state index in [0.29, 0.717) is 23.9 Å². The van der Waals surface area contributed by atoms with Crippen LogP contribution in [0, 0.1) is 0 Å². The number of nitrogens with zero attached hydrogens (tertiary/aromatic N) is 1. The molecule has 9 heteroatoms. The number of likely N-dealkylation sites (N-methyl/N-ethyl adjacent to an activating group) is 1. The van der Waals surface area contributed by atoms with Gasteiger partial charge in [-0.2, -0.15) is 0 Å². The van der Waals surface area contributed by atoms with Crippen molar-refractivity contribution in [2.45, 2.75) is 199 Å². The third-order valence-electron chi connectivity index (χ3n) is 11.3. The summed E-state index contributed by atoms with van der Waals surface area (Å²) in [6, 6.07) is -0.940. The number of phosphoric ester groups is 1. The number of allylic oxidation sites excluding steroid dienone is 23. The highest BCUT2D eigenvalue weighted by Crippen LogP contribution is 2.38. The van der Waals surface area contributed by atoms with Crippen molar-refractivity contribution in [1.82, 2.24) is 5.32 Å². The number of hydrogen-bond acceptors (Lipinski definition) is 6. The van der Waals surface area contributed by atoms with E-state index < -0.39 is 26.6 Å². The maximum atomic E-state index is 12.9. The van der Waals surface area contributed by atoms with Crippen molar-refractivity contribution < 1.29 is 32.9 Å². The molecule has 0 radical (unpaired) electrons. The fraction of sp³-hybridized carbons (Fsp3) is 0.597. The molecule has 0 bridgehead atoms. The molecular weight excluding hydrogens is 900 g/mol. The molecule has 0 aliphatic carbocycles. The fourth-order valence-electron chi connectivity index (χ4n) is 6.94. The second-order valence-electron chi connectivity index (χ2n) is 19.2. The van der Waals surface area contributed by atoms with E-state index in [0.717, 1.165) is 96.3 Å². The summed E-state index contributed by atoms with van der Waals surface area (Å²) in [6.07, 6.45) is 79.2. The monoisotopic (exact) mass is 1000 g/mol. The molecule has 0 saturated carbocycles. The Kier molecular flexibility index (Phi) is 48.7. The third-order valence-corrected chi connectivity index (χ3v) is 12.2. The first-order valence-electron chi connectivity index (χ1n) is 27.7. The molecule has 2 N–H and O–H groups in total. The molecule has 71 heavy (non-hydrogen) atoms. The number of rotatable bonds is 48. The molecule has 3 atom stereocenters. The van der Waals surface area contributed by atoms with Crippen molar-refractivity contribution >= 4 is 13.7 Å². The summed E-state index contributed by atoms with van der Waals surface area (Å²) in [5.74, 6) is -0.250. The fourth-order valence-corrected chi connectivity index (χ4v) is 7.66. The van der Waals surface area contributed by atoms with Gasteiger partial charge >= 0.3 is 0 Å². The van der Waals surface area contributed by atoms with Crippen molar-refractivity contribution in [2.75, 3.05) is 40.9 Å². The summed E-state index contributed by atoms with van der Waals surface area (Å²) >= 11 is 0. The number of aliphatic hydroxyl groups excluding tert-OH is 1. The first-order valence-corrected chi connectivity index (χ1v) is 29.2. The Morgan fingerprint density at radius 2 is 0.873 bits per heavy atom. The van der Waals surface area contributed by atoms with Crippen LogP contribution < -0.4 is 10.2 Å². The van der Waals surface area contributed by atoms with Crippen LogP contribution in [0.5, 0.6) is 0 Å². The van der Waals surface area contributed by atoms with Crippen LogP contribution in [0.3, 0.4) is 0 Å². The van der Waals surface area contributed by atoms with E-state index in [9.17, 15) is 19.4 Å². The van der Waals surface area contributed by atoms with Gasteiger partial charge in [0.15, 0.2) is 0 Å². The first-order chi connectivity index (χ1) is 34.5. The van der Waals surface area contributed by atoms with E-state index in [1.807, 2.05) is 27.2 Å². The normalized spacial score (nSPS) is 15.1. The zero-order valence-electron chi connectivity index (χ0n) is 45.6. The van der Waals surface area contributed by atoms with Gasteiger partial charge in [-0.3, -0.25) is 9.36 Å². The molecule has 0 aliphatic heterocycles. The SMILES string of the molecule is CC/C=C\C/C=C\C/C=C\C/C=C\C/C=C\C/C=C\C/C=C\C/C=C\C/C=C\CCCCCC(=O)NC(COP(=O)([O-])OCC[N+](C)(C)C)C(O)/C=C/CC/C=C/CC/C=C/CCCCCCCCCC. The lowest BCUT2D eigenvalue weighted by Gasteiger charge is -2.29. The van der Waals surface area contributed by atoms with E-state index in [1.165, 1.54) is 57.8 Å². The van der Waals surface area contributed by atoms with Gasteiger partial charge in [0.1, 0.15) is 13.2 Å². The predicted molar refractivity (Wildman–Crippen MR) is 306 cm³/mol. The number of aliphatic hydroxyl groups is 1. The minimum atomic E-state index is -4.63. The van der Waals surface area contributed by atoms with E-state index in [1.54, 1.807) is 6.08 Å². The summed E-state index contributed by atoms with van der Waals surface area (Å²) in [4.78, 5) is 25.4. The molecule has 0 aromatic heterocycles. The topological polar surface area (TPSA) is 108 Å². The van der Waals surface area contributed by atoms with Crippen LogP contribution in [0.2, 0.25) is 0 Å². The van der Waals surface area contributed by atoms with E-state index in [2.05, 4.69) is 153 Å². The lowest BCUT2D eigenvalue weighted by Crippen LogP contribution is -2.45. The van der Waals surface area contributed by atoms with Crippen LogP contribution in [0.4, 0.5) is 0 Å². The van der Waals surface area contributed by atoms with Gasteiger partial charge in [0.25, 0.3) is 7.82 Å². The molecule has 402 valence electrons. The number of carbonyl (C=O) groups is 1. The molecule has 0 spiro atoms. The molecule has 3 unspecified atom stereocenters. The Labute approximate surface area is 436 Å². The predicted octanol–water partition coefficient (Wildman–Crippen LogP) is 16.3. The number of phosphoric acid groups is 1. The summed E-state index contributed by atoms with van der Waals surface area (Å²) < 4.78 is 23.3. The van der Waals surface area contributed by atoms with Crippen LogP contribution in [0.25, 0.3) is 0 Å².